The van der Waals surface area contributed by atoms with E-state index in [9.17, 15) is 19.2 Å². The normalized spacial score (nSPS) is 35.7. The van der Waals surface area contributed by atoms with Gasteiger partial charge in [-0.25, -0.2) is 0 Å². The summed E-state index contributed by atoms with van der Waals surface area (Å²) in [5.41, 5.74) is -3.24. The Morgan fingerprint density at radius 3 is 2.14 bits per heavy atom. The molecule has 0 amide bonds. The van der Waals surface area contributed by atoms with Crippen molar-refractivity contribution in [3.8, 4) is 0 Å². The molecule has 3 saturated carbocycles. The average Bonchev–Trinajstić information content (AvgIpc) is 2.98. The van der Waals surface area contributed by atoms with Crippen molar-refractivity contribution < 1.29 is 28.7 Å². The first kappa shape index (κ1) is 15.2. The van der Waals surface area contributed by atoms with Crippen LogP contribution in [-0.4, -0.2) is 37.7 Å². The van der Waals surface area contributed by atoms with E-state index in [4.69, 9.17) is 9.47 Å². The lowest BCUT2D eigenvalue weighted by molar-refractivity contribution is -0.184. The summed E-state index contributed by atoms with van der Waals surface area (Å²) in [4.78, 5) is 49.9. The molecule has 0 radical (unpaired) electrons. The number of hydrogen-bond donors (Lipinski definition) is 0. The molecule has 0 aromatic carbocycles. The van der Waals surface area contributed by atoms with Crippen LogP contribution in [0.15, 0.2) is 0 Å². The number of ether oxygens (including phenoxy) is 2. The molecule has 6 heteroatoms. The summed E-state index contributed by atoms with van der Waals surface area (Å²) in [5, 5.41) is 0. The van der Waals surface area contributed by atoms with Crippen LogP contribution in [0.5, 0.6) is 0 Å². The Balaban J connectivity index is 2.24. The van der Waals surface area contributed by atoms with Gasteiger partial charge in [-0.2, -0.15) is 0 Å². The topological polar surface area (TPSA) is 86.7 Å². The maximum Gasteiger partial charge on any atom is 0.323 e. The van der Waals surface area contributed by atoms with E-state index < -0.39 is 28.2 Å². The van der Waals surface area contributed by atoms with Crippen LogP contribution in [0.2, 0.25) is 0 Å². The molecule has 3 aliphatic carbocycles. The molecule has 22 heavy (non-hydrogen) atoms. The van der Waals surface area contributed by atoms with Crippen LogP contribution in [0.1, 0.15) is 44.9 Å². The molecule has 0 N–H and O–H groups in total. The summed E-state index contributed by atoms with van der Waals surface area (Å²) in [7, 11) is 2.45. The second-order valence-electron chi connectivity index (χ2n) is 6.69. The van der Waals surface area contributed by atoms with Crippen LogP contribution < -0.4 is 0 Å². The predicted molar refractivity (Wildman–Crippen MR) is 73.7 cm³/mol. The molecule has 0 saturated heterocycles. The van der Waals surface area contributed by atoms with E-state index in [0.717, 1.165) is 0 Å². The van der Waals surface area contributed by atoms with E-state index in [1.165, 1.54) is 14.2 Å². The summed E-state index contributed by atoms with van der Waals surface area (Å²) >= 11 is 0. The third-order valence-electron chi connectivity index (χ3n) is 6.37. The quantitative estimate of drug-likeness (QED) is 0.563. The molecule has 0 aliphatic heterocycles. The number of hydrogen-bond acceptors (Lipinski definition) is 6. The standard InChI is InChI=1S/C16H20O6/c1-21-12(19)16(13(20)22-2)8-7-14-5-3-10(17)9-15(14,16)6-4-11(14)18/h3-9H2,1-2H3/t14-,15-/m0/s1. The third kappa shape index (κ3) is 1.41. The minimum atomic E-state index is -1.53. The van der Waals surface area contributed by atoms with Crippen LogP contribution in [0, 0.1) is 16.2 Å². The van der Waals surface area contributed by atoms with E-state index >= 15 is 0 Å². The number of esters is 2. The van der Waals surface area contributed by atoms with Crippen molar-refractivity contribution in [2.24, 2.45) is 16.2 Å². The molecule has 0 aromatic heterocycles. The van der Waals surface area contributed by atoms with Gasteiger partial charge < -0.3 is 9.47 Å². The molecule has 3 aliphatic rings. The van der Waals surface area contributed by atoms with Gasteiger partial charge in [-0.05, 0) is 25.7 Å². The fourth-order valence-electron chi connectivity index (χ4n) is 5.43. The monoisotopic (exact) mass is 308 g/mol. The number of rotatable bonds is 2. The van der Waals surface area contributed by atoms with Crippen LogP contribution >= 0.6 is 0 Å². The van der Waals surface area contributed by atoms with Crippen molar-refractivity contribution >= 4 is 23.5 Å². The molecular weight excluding hydrogens is 288 g/mol. The second-order valence-corrected chi connectivity index (χ2v) is 6.69. The van der Waals surface area contributed by atoms with E-state index in [-0.39, 0.29) is 24.4 Å². The second kappa shape index (κ2) is 4.64. The average molecular weight is 308 g/mol. The van der Waals surface area contributed by atoms with Crippen LogP contribution in [0.4, 0.5) is 0 Å². The van der Waals surface area contributed by atoms with Gasteiger partial charge in [0.1, 0.15) is 11.6 Å². The number of carbonyl (C=O) groups excluding carboxylic acids is 4. The molecule has 0 unspecified atom stereocenters. The summed E-state index contributed by atoms with van der Waals surface area (Å²) in [6.07, 6.45) is 2.20. The molecule has 0 aromatic rings. The van der Waals surface area contributed by atoms with E-state index in [1.807, 2.05) is 0 Å². The van der Waals surface area contributed by atoms with Crippen LogP contribution in [0.3, 0.4) is 0 Å². The lowest BCUT2D eigenvalue weighted by Crippen LogP contribution is -2.57. The number of methoxy groups -OCH3 is 2. The van der Waals surface area contributed by atoms with Gasteiger partial charge in [-0.3, -0.25) is 19.2 Å². The fraction of sp³-hybridized carbons (Fsp3) is 0.750. The van der Waals surface area contributed by atoms with E-state index in [2.05, 4.69) is 0 Å². The fourth-order valence-corrected chi connectivity index (χ4v) is 5.43. The zero-order chi connectivity index (χ0) is 16.2. The Morgan fingerprint density at radius 1 is 0.909 bits per heavy atom. The Hall–Kier alpha value is -1.72. The highest BCUT2D eigenvalue weighted by atomic mass is 16.5. The molecule has 0 spiro atoms. The summed E-state index contributed by atoms with van der Waals surface area (Å²) in [6, 6.07) is 0. The van der Waals surface area contributed by atoms with Crippen molar-refractivity contribution in [3.63, 3.8) is 0 Å². The van der Waals surface area contributed by atoms with Gasteiger partial charge in [-0.15, -0.1) is 0 Å². The first-order valence-corrected chi connectivity index (χ1v) is 7.62. The van der Waals surface area contributed by atoms with Crippen molar-refractivity contribution in [3.05, 3.63) is 0 Å². The zero-order valence-electron chi connectivity index (χ0n) is 12.9. The smallest absolute Gasteiger partial charge is 0.323 e. The van der Waals surface area contributed by atoms with Crippen molar-refractivity contribution in [2.75, 3.05) is 14.2 Å². The highest BCUT2D eigenvalue weighted by Crippen LogP contribution is 2.74. The molecule has 120 valence electrons. The summed E-state index contributed by atoms with van der Waals surface area (Å²) < 4.78 is 9.83. The Labute approximate surface area is 128 Å². The maximum atomic E-state index is 12.6. The van der Waals surface area contributed by atoms with Gasteiger partial charge in [0.2, 0.25) is 0 Å². The molecule has 6 nitrogen and oxygen atoms in total. The number of ketones is 2. The zero-order valence-corrected chi connectivity index (χ0v) is 12.9. The molecular formula is C16H20O6. The predicted octanol–water partition coefficient (Wildman–Crippen LogP) is 1.20. The molecule has 3 rings (SSSR count). The SMILES string of the molecule is COC(=O)C1(C(=O)OC)CC[C@]23CCC(=O)C[C@]12CCC3=O. The summed E-state index contributed by atoms with van der Waals surface area (Å²) in [6.45, 7) is 0. The van der Waals surface area contributed by atoms with Gasteiger partial charge in [0, 0.05) is 30.1 Å². The van der Waals surface area contributed by atoms with Crippen LogP contribution in [-0.2, 0) is 28.7 Å². The van der Waals surface area contributed by atoms with Gasteiger partial charge in [-0.1, -0.05) is 0 Å². The largest absolute Gasteiger partial charge is 0.468 e. The van der Waals surface area contributed by atoms with Crippen molar-refractivity contribution in [1.82, 2.24) is 0 Å². The first-order chi connectivity index (χ1) is 10.4. The first-order valence-electron chi connectivity index (χ1n) is 7.62. The number of Topliss-reactive ketones (excluding diaryl/α,β-unsaturated/α-hetero) is 2. The third-order valence-corrected chi connectivity index (χ3v) is 6.37. The lowest BCUT2D eigenvalue weighted by Gasteiger charge is -2.49. The summed E-state index contributed by atoms with van der Waals surface area (Å²) in [5.74, 6) is -1.27. The minimum absolute atomic E-state index is 0.00408. The number of carbonyl (C=O) groups is 4. The molecule has 0 bridgehead atoms. The molecule has 2 atom stereocenters. The molecule has 3 fully saturated rings. The molecule has 0 heterocycles. The highest BCUT2D eigenvalue weighted by molar-refractivity contribution is 6.06. The Morgan fingerprint density at radius 2 is 1.55 bits per heavy atom. The van der Waals surface area contributed by atoms with Crippen molar-refractivity contribution in [2.45, 2.75) is 44.9 Å². The minimum Gasteiger partial charge on any atom is -0.468 e. The highest BCUT2D eigenvalue weighted by Gasteiger charge is 2.79. The lowest BCUT2D eigenvalue weighted by atomic mass is 9.51. The van der Waals surface area contributed by atoms with Gasteiger partial charge in [0.15, 0.2) is 5.41 Å². The van der Waals surface area contributed by atoms with Gasteiger partial charge in [0.05, 0.1) is 14.2 Å². The Bertz CT molecular complexity index is 563. The van der Waals surface area contributed by atoms with E-state index in [1.54, 1.807) is 0 Å². The van der Waals surface area contributed by atoms with Gasteiger partial charge >= 0.3 is 11.9 Å². The van der Waals surface area contributed by atoms with E-state index in [0.29, 0.717) is 32.1 Å². The van der Waals surface area contributed by atoms with Crippen LogP contribution in [0.25, 0.3) is 0 Å². The Kier molecular flexibility index (Phi) is 3.20. The van der Waals surface area contributed by atoms with Gasteiger partial charge in [0.25, 0.3) is 0 Å². The van der Waals surface area contributed by atoms with Crippen molar-refractivity contribution in [1.29, 1.82) is 0 Å². The maximum absolute atomic E-state index is 12.6.